The van der Waals surface area contributed by atoms with E-state index in [1.807, 2.05) is 54.6 Å². The fraction of sp³-hybridized carbons (Fsp3) is 0.222. The Morgan fingerprint density at radius 3 is 2.53 bits per heavy atom. The maximum Gasteiger partial charge on any atom is 0.259 e. The number of carbonyl (C=O) groups excluding carboxylic acids is 1. The zero-order chi connectivity index (χ0) is 23.7. The van der Waals surface area contributed by atoms with Gasteiger partial charge in [0.05, 0.1) is 17.6 Å². The fourth-order valence-electron chi connectivity index (χ4n) is 4.10. The molecule has 0 atom stereocenters. The number of anilines is 2. The summed E-state index contributed by atoms with van der Waals surface area (Å²) in [5.74, 6) is 6.44. The number of hydrogen-bond acceptors (Lipinski definition) is 5. The third-order valence-corrected chi connectivity index (χ3v) is 6.14. The molecule has 170 valence electrons. The van der Waals surface area contributed by atoms with E-state index in [1.165, 1.54) is 6.33 Å². The van der Waals surface area contributed by atoms with Crippen LogP contribution in [0.1, 0.15) is 46.9 Å². The summed E-state index contributed by atoms with van der Waals surface area (Å²) < 4.78 is 7.23. The van der Waals surface area contributed by atoms with E-state index in [4.69, 9.17) is 10.5 Å². The number of nitrogen functional groups attached to an aromatic ring is 1. The molecule has 1 aliphatic carbocycles. The molecule has 0 saturated heterocycles. The van der Waals surface area contributed by atoms with Crippen LogP contribution in [0.5, 0.6) is 0 Å². The minimum atomic E-state index is -0.300. The maximum atomic E-state index is 13.7. The lowest BCUT2D eigenvalue weighted by atomic mass is 10.1. The monoisotopic (exact) mass is 451 g/mol. The Balaban J connectivity index is 1.65. The van der Waals surface area contributed by atoms with Gasteiger partial charge in [0.2, 0.25) is 0 Å². The second-order valence-electron chi connectivity index (χ2n) is 8.71. The Kier molecular flexibility index (Phi) is 5.52. The van der Waals surface area contributed by atoms with Crippen molar-refractivity contribution in [2.45, 2.75) is 31.9 Å². The molecule has 3 N–H and O–H groups in total. The number of methoxy groups -OCH3 is 1. The van der Waals surface area contributed by atoms with E-state index in [0.717, 1.165) is 24.0 Å². The van der Waals surface area contributed by atoms with E-state index in [2.05, 4.69) is 38.6 Å². The van der Waals surface area contributed by atoms with Gasteiger partial charge in [-0.15, -0.1) is 0 Å². The Bertz CT molecular complexity index is 1430. The molecule has 1 aliphatic rings. The van der Waals surface area contributed by atoms with Crippen LogP contribution in [0.4, 0.5) is 11.5 Å². The summed E-state index contributed by atoms with van der Waals surface area (Å²) in [7, 11) is 1.65. The Morgan fingerprint density at radius 1 is 1.12 bits per heavy atom. The number of ether oxygens (including phenoxy) is 1. The third-order valence-electron chi connectivity index (χ3n) is 6.14. The van der Waals surface area contributed by atoms with Gasteiger partial charge in [0, 0.05) is 23.9 Å². The predicted octanol–water partition coefficient (Wildman–Crippen LogP) is 4.32. The van der Waals surface area contributed by atoms with Crippen molar-refractivity contribution in [3.8, 4) is 11.8 Å². The van der Waals surface area contributed by atoms with Crippen LogP contribution in [0, 0.1) is 11.8 Å². The highest BCUT2D eigenvalue weighted by Gasteiger charge is 2.43. The van der Waals surface area contributed by atoms with E-state index < -0.39 is 0 Å². The molecule has 34 heavy (non-hydrogen) atoms. The van der Waals surface area contributed by atoms with E-state index in [0.29, 0.717) is 34.6 Å². The number of nitrogens with two attached hydrogens (primary N) is 1. The molecule has 2 aromatic heterocycles. The molecule has 0 spiro atoms. The van der Waals surface area contributed by atoms with Gasteiger partial charge >= 0.3 is 0 Å². The number of amides is 1. The van der Waals surface area contributed by atoms with Crippen LogP contribution in [0.3, 0.4) is 0 Å². The van der Waals surface area contributed by atoms with Crippen molar-refractivity contribution in [2.75, 3.05) is 18.2 Å². The molecule has 1 saturated carbocycles. The average Bonchev–Trinajstić information content (AvgIpc) is 3.48. The Labute approximate surface area is 198 Å². The van der Waals surface area contributed by atoms with E-state index in [1.54, 1.807) is 7.11 Å². The summed E-state index contributed by atoms with van der Waals surface area (Å²) >= 11 is 0. The van der Waals surface area contributed by atoms with Crippen molar-refractivity contribution >= 4 is 28.4 Å². The fourth-order valence-corrected chi connectivity index (χ4v) is 4.10. The van der Waals surface area contributed by atoms with Crippen molar-refractivity contribution in [3.63, 3.8) is 0 Å². The molecular formula is C27H25N5O2. The van der Waals surface area contributed by atoms with Crippen molar-refractivity contribution in [3.05, 3.63) is 83.3 Å². The maximum absolute atomic E-state index is 13.7. The highest BCUT2D eigenvalue weighted by molar-refractivity contribution is 6.16. The summed E-state index contributed by atoms with van der Waals surface area (Å²) in [6.45, 7) is 2.65. The highest BCUT2D eigenvalue weighted by Crippen LogP contribution is 2.47. The highest BCUT2D eigenvalue weighted by atomic mass is 16.5. The van der Waals surface area contributed by atoms with Gasteiger partial charge in [-0.25, -0.2) is 9.97 Å². The van der Waals surface area contributed by atoms with Gasteiger partial charge in [-0.3, -0.25) is 4.79 Å². The molecule has 1 fully saturated rings. The van der Waals surface area contributed by atoms with Crippen LogP contribution in [0.25, 0.3) is 11.0 Å². The largest absolute Gasteiger partial charge is 0.383 e. The summed E-state index contributed by atoms with van der Waals surface area (Å²) in [4.78, 5) is 22.3. The molecular weight excluding hydrogens is 426 g/mol. The van der Waals surface area contributed by atoms with Crippen LogP contribution in [-0.2, 0) is 16.9 Å². The topological polar surface area (TPSA) is 95.1 Å². The molecule has 7 heteroatoms. The number of nitrogens with zero attached hydrogens (tertiary/aromatic N) is 3. The van der Waals surface area contributed by atoms with Crippen LogP contribution in [0.2, 0.25) is 0 Å². The molecule has 1 amide bonds. The molecule has 2 heterocycles. The standard InChI is InChI=1S/C27H25N5O2/c1-27(14-15-27)32-21(13-10-18-6-4-3-5-7-18)22(23-24(28)29-17-30-25(23)32)26(33)31-20-11-8-19(9-12-20)16-34-2/h3-9,11-12,17H,14-16H2,1-2H3,(H,31,33)(H2,28,29,30). The van der Waals surface area contributed by atoms with Crippen LogP contribution in [0.15, 0.2) is 60.9 Å². The number of rotatable bonds is 5. The van der Waals surface area contributed by atoms with Gasteiger partial charge in [0.1, 0.15) is 23.5 Å². The summed E-state index contributed by atoms with van der Waals surface area (Å²) in [5, 5.41) is 3.53. The molecule has 0 bridgehead atoms. The summed E-state index contributed by atoms with van der Waals surface area (Å²) in [5.41, 5.74) is 10.3. The van der Waals surface area contributed by atoms with Crippen molar-refractivity contribution in [2.24, 2.45) is 0 Å². The lowest BCUT2D eigenvalue weighted by molar-refractivity contribution is 0.102. The molecule has 5 rings (SSSR count). The van der Waals surface area contributed by atoms with Gasteiger partial charge in [0.25, 0.3) is 5.91 Å². The Hall–Kier alpha value is -4.15. The van der Waals surface area contributed by atoms with Gasteiger partial charge in [-0.1, -0.05) is 36.3 Å². The number of aromatic nitrogens is 3. The van der Waals surface area contributed by atoms with Gasteiger partial charge in [0.15, 0.2) is 0 Å². The van der Waals surface area contributed by atoms with Gasteiger partial charge in [-0.2, -0.15) is 0 Å². The molecule has 2 aromatic carbocycles. The summed E-state index contributed by atoms with van der Waals surface area (Å²) in [6, 6.07) is 17.2. The van der Waals surface area contributed by atoms with E-state index in [9.17, 15) is 4.79 Å². The SMILES string of the molecule is COCc1ccc(NC(=O)c2c(C#Cc3ccccc3)n(C3(C)CC3)c3ncnc(N)c23)cc1. The zero-order valence-corrected chi connectivity index (χ0v) is 19.1. The van der Waals surface area contributed by atoms with E-state index in [-0.39, 0.29) is 17.3 Å². The Morgan fingerprint density at radius 2 is 1.85 bits per heavy atom. The number of hydrogen-bond donors (Lipinski definition) is 2. The van der Waals surface area contributed by atoms with Crippen molar-refractivity contribution in [1.82, 2.24) is 14.5 Å². The average molecular weight is 452 g/mol. The normalized spacial score (nSPS) is 13.8. The third kappa shape index (κ3) is 4.00. The van der Waals surface area contributed by atoms with Crippen LogP contribution >= 0.6 is 0 Å². The van der Waals surface area contributed by atoms with Crippen molar-refractivity contribution < 1.29 is 9.53 Å². The number of fused-ring (bicyclic) bond motifs is 1. The van der Waals surface area contributed by atoms with Gasteiger partial charge in [-0.05, 0) is 55.5 Å². The molecule has 7 nitrogen and oxygen atoms in total. The molecule has 4 aromatic rings. The molecule has 0 unspecified atom stereocenters. The first-order chi connectivity index (χ1) is 16.5. The lowest BCUT2D eigenvalue weighted by Crippen LogP contribution is -2.18. The van der Waals surface area contributed by atoms with Crippen LogP contribution in [-0.4, -0.2) is 27.6 Å². The number of benzene rings is 2. The molecule has 0 radical (unpaired) electrons. The predicted molar refractivity (Wildman–Crippen MR) is 132 cm³/mol. The number of carbonyl (C=O) groups is 1. The first-order valence-corrected chi connectivity index (χ1v) is 11.1. The molecule has 0 aliphatic heterocycles. The van der Waals surface area contributed by atoms with Crippen molar-refractivity contribution in [1.29, 1.82) is 0 Å². The van der Waals surface area contributed by atoms with Gasteiger partial charge < -0.3 is 20.4 Å². The zero-order valence-electron chi connectivity index (χ0n) is 19.1. The number of nitrogens with one attached hydrogen (secondary N) is 1. The second-order valence-corrected chi connectivity index (χ2v) is 8.71. The summed E-state index contributed by atoms with van der Waals surface area (Å²) in [6.07, 6.45) is 3.38. The minimum absolute atomic E-state index is 0.167. The first kappa shape index (κ1) is 21.7. The smallest absolute Gasteiger partial charge is 0.259 e. The quantitative estimate of drug-likeness (QED) is 0.441. The minimum Gasteiger partial charge on any atom is -0.383 e. The second kappa shape index (κ2) is 8.65. The van der Waals surface area contributed by atoms with E-state index >= 15 is 0 Å². The van der Waals surface area contributed by atoms with Crippen LogP contribution < -0.4 is 11.1 Å². The lowest BCUT2D eigenvalue weighted by Gasteiger charge is -2.14. The first-order valence-electron chi connectivity index (χ1n) is 11.1.